The fourth-order valence-electron chi connectivity index (χ4n) is 2.31. The van der Waals surface area contributed by atoms with Crippen LogP contribution in [0.25, 0.3) is 0 Å². The first-order chi connectivity index (χ1) is 10.7. The monoisotopic (exact) mass is 298 g/mol. The van der Waals surface area contributed by atoms with Crippen LogP contribution < -0.4 is 10.1 Å². The molecule has 1 heterocycles. The van der Waals surface area contributed by atoms with Crippen LogP contribution in [0.1, 0.15) is 42.6 Å². The summed E-state index contributed by atoms with van der Waals surface area (Å²) < 4.78 is 5.19. The van der Waals surface area contributed by atoms with Gasteiger partial charge in [0.2, 0.25) is 0 Å². The van der Waals surface area contributed by atoms with E-state index in [9.17, 15) is 4.79 Å². The van der Waals surface area contributed by atoms with Crippen LogP contribution in [0, 0.1) is 0 Å². The highest BCUT2D eigenvalue weighted by Gasteiger charge is 2.16. The van der Waals surface area contributed by atoms with Crippen LogP contribution in [0.2, 0.25) is 0 Å². The van der Waals surface area contributed by atoms with E-state index in [2.05, 4.69) is 24.1 Å². The van der Waals surface area contributed by atoms with Crippen LogP contribution in [0.15, 0.2) is 42.6 Å². The third-order valence-electron chi connectivity index (χ3n) is 3.71. The van der Waals surface area contributed by atoms with E-state index in [1.807, 2.05) is 12.1 Å². The third-order valence-corrected chi connectivity index (χ3v) is 3.71. The van der Waals surface area contributed by atoms with Crippen molar-refractivity contribution in [3.8, 4) is 5.75 Å². The molecule has 0 atom stereocenters. The number of hydrogen-bond acceptors (Lipinski definition) is 4. The van der Waals surface area contributed by atoms with Crippen molar-refractivity contribution in [1.29, 1.82) is 0 Å². The molecule has 1 aromatic heterocycles. The third kappa shape index (κ3) is 3.64. The van der Waals surface area contributed by atoms with E-state index in [4.69, 9.17) is 4.74 Å². The van der Waals surface area contributed by atoms with E-state index in [0.29, 0.717) is 28.7 Å². The number of nitrogens with one attached hydrogen (secondary N) is 1. The molecule has 2 aromatic rings. The van der Waals surface area contributed by atoms with Gasteiger partial charge in [0.1, 0.15) is 11.6 Å². The highest BCUT2D eigenvalue weighted by Crippen LogP contribution is 2.21. The molecule has 0 saturated carbocycles. The maximum atomic E-state index is 12.8. The summed E-state index contributed by atoms with van der Waals surface area (Å²) in [5.41, 5.74) is 1.18. The fraction of sp³-hybridized carbons (Fsp3) is 0.333. The Morgan fingerprint density at radius 1 is 1.23 bits per heavy atom. The van der Waals surface area contributed by atoms with Crippen LogP contribution >= 0.6 is 0 Å². The van der Waals surface area contributed by atoms with Gasteiger partial charge in [0.25, 0.3) is 0 Å². The number of ether oxygens (including phenoxy) is 1. The van der Waals surface area contributed by atoms with Gasteiger partial charge in [0, 0.05) is 17.8 Å². The Morgan fingerprint density at radius 3 is 2.68 bits per heavy atom. The number of methoxy groups -OCH3 is 1. The van der Waals surface area contributed by atoms with E-state index in [1.54, 1.807) is 37.6 Å². The van der Waals surface area contributed by atoms with E-state index in [0.717, 1.165) is 12.8 Å². The minimum Gasteiger partial charge on any atom is -0.497 e. The van der Waals surface area contributed by atoms with Crippen molar-refractivity contribution >= 4 is 11.6 Å². The highest BCUT2D eigenvalue weighted by molar-refractivity contribution is 6.12. The molecule has 1 N–H and O–H groups in total. The Labute approximate surface area is 131 Å². The van der Waals surface area contributed by atoms with Crippen molar-refractivity contribution in [2.45, 2.75) is 32.7 Å². The van der Waals surface area contributed by atoms with Gasteiger partial charge in [0.15, 0.2) is 5.78 Å². The molecule has 116 valence electrons. The lowest BCUT2D eigenvalue weighted by atomic mass is 10.0. The average molecular weight is 298 g/mol. The van der Waals surface area contributed by atoms with Gasteiger partial charge in [-0.25, -0.2) is 4.98 Å². The maximum Gasteiger partial charge on any atom is 0.196 e. The number of rotatable bonds is 7. The first-order valence-electron chi connectivity index (χ1n) is 7.59. The number of carbonyl (C=O) groups is 1. The number of pyridine rings is 1. The summed E-state index contributed by atoms with van der Waals surface area (Å²) in [6.45, 7) is 4.24. The normalized spacial score (nSPS) is 10.5. The SMILES string of the molecule is CCC(CC)Nc1ncccc1C(=O)c1cccc(OC)c1. The van der Waals surface area contributed by atoms with Gasteiger partial charge in [-0.05, 0) is 37.1 Å². The minimum absolute atomic E-state index is 0.0551. The number of nitrogens with zero attached hydrogens (tertiary/aromatic N) is 1. The van der Waals surface area contributed by atoms with Crippen molar-refractivity contribution in [1.82, 2.24) is 4.98 Å². The molecule has 0 radical (unpaired) electrons. The van der Waals surface area contributed by atoms with E-state index < -0.39 is 0 Å². The molecular formula is C18H22N2O2. The Morgan fingerprint density at radius 2 is 2.00 bits per heavy atom. The summed E-state index contributed by atoms with van der Waals surface area (Å²) in [5, 5.41) is 3.36. The first kappa shape index (κ1) is 16.0. The number of benzene rings is 1. The molecular weight excluding hydrogens is 276 g/mol. The summed E-state index contributed by atoms with van der Waals surface area (Å²) in [4.78, 5) is 17.1. The van der Waals surface area contributed by atoms with Crippen LogP contribution in [0.4, 0.5) is 5.82 Å². The lowest BCUT2D eigenvalue weighted by Gasteiger charge is -2.17. The lowest BCUT2D eigenvalue weighted by Crippen LogP contribution is -2.20. The molecule has 0 spiro atoms. The quantitative estimate of drug-likeness (QED) is 0.787. The van der Waals surface area contributed by atoms with Gasteiger partial charge in [-0.1, -0.05) is 26.0 Å². The molecule has 0 aliphatic rings. The molecule has 0 aliphatic carbocycles. The Kier molecular flexibility index (Phi) is 5.53. The smallest absolute Gasteiger partial charge is 0.196 e. The van der Waals surface area contributed by atoms with Crippen LogP contribution in [-0.2, 0) is 0 Å². The molecule has 4 nitrogen and oxygen atoms in total. The number of hydrogen-bond donors (Lipinski definition) is 1. The fourth-order valence-corrected chi connectivity index (χ4v) is 2.31. The zero-order valence-corrected chi connectivity index (χ0v) is 13.3. The summed E-state index contributed by atoms with van der Waals surface area (Å²) in [7, 11) is 1.59. The van der Waals surface area contributed by atoms with Crippen molar-refractivity contribution in [2.24, 2.45) is 0 Å². The average Bonchev–Trinajstić information content (AvgIpc) is 2.59. The van der Waals surface area contributed by atoms with E-state index >= 15 is 0 Å². The predicted octanol–water partition coefficient (Wildman–Crippen LogP) is 3.92. The van der Waals surface area contributed by atoms with E-state index in [-0.39, 0.29) is 5.78 Å². The molecule has 0 fully saturated rings. The van der Waals surface area contributed by atoms with Gasteiger partial charge in [-0.15, -0.1) is 0 Å². The Hall–Kier alpha value is -2.36. The van der Waals surface area contributed by atoms with Crippen LogP contribution in [0.3, 0.4) is 0 Å². The lowest BCUT2D eigenvalue weighted by molar-refractivity contribution is 0.103. The largest absolute Gasteiger partial charge is 0.497 e. The van der Waals surface area contributed by atoms with Crippen LogP contribution in [-0.4, -0.2) is 23.9 Å². The van der Waals surface area contributed by atoms with Crippen molar-refractivity contribution in [3.63, 3.8) is 0 Å². The molecule has 0 aliphatic heterocycles. The zero-order chi connectivity index (χ0) is 15.9. The second kappa shape index (κ2) is 7.59. The van der Waals surface area contributed by atoms with Crippen molar-refractivity contribution < 1.29 is 9.53 Å². The Bertz CT molecular complexity index is 636. The zero-order valence-electron chi connectivity index (χ0n) is 13.3. The predicted molar refractivity (Wildman–Crippen MR) is 88.7 cm³/mol. The van der Waals surface area contributed by atoms with Crippen LogP contribution in [0.5, 0.6) is 5.75 Å². The second-order valence-electron chi connectivity index (χ2n) is 5.12. The van der Waals surface area contributed by atoms with Gasteiger partial charge >= 0.3 is 0 Å². The number of carbonyl (C=O) groups excluding carboxylic acids is 1. The number of ketones is 1. The van der Waals surface area contributed by atoms with E-state index in [1.165, 1.54) is 0 Å². The summed E-state index contributed by atoms with van der Waals surface area (Å²) >= 11 is 0. The summed E-state index contributed by atoms with van der Waals surface area (Å²) in [5.74, 6) is 1.26. The van der Waals surface area contributed by atoms with Gasteiger partial charge < -0.3 is 10.1 Å². The molecule has 0 saturated heterocycles. The topological polar surface area (TPSA) is 51.2 Å². The second-order valence-corrected chi connectivity index (χ2v) is 5.12. The van der Waals surface area contributed by atoms with Crippen molar-refractivity contribution in [2.75, 3.05) is 12.4 Å². The molecule has 0 amide bonds. The van der Waals surface area contributed by atoms with Gasteiger partial charge in [0.05, 0.1) is 12.7 Å². The summed E-state index contributed by atoms with van der Waals surface area (Å²) in [6, 6.07) is 11.1. The number of aromatic nitrogens is 1. The molecule has 0 bridgehead atoms. The summed E-state index contributed by atoms with van der Waals surface area (Å²) in [6.07, 6.45) is 3.67. The maximum absolute atomic E-state index is 12.8. The molecule has 22 heavy (non-hydrogen) atoms. The minimum atomic E-state index is -0.0551. The molecule has 2 rings (SSSR count). The first-order valence-corrected chi connectivity index (χ1v) is 7.59. The number of anilines is 1. The highest BCUT2D eigenvalue weighted by atomic mass is 16.5. The molecule has 1 aromatic carbocycles. The van der Waals surface area contributed by atoms with Crippen molar-refractivity contribution in [3.05, 3.63) is 53.7 Å². The standard InChI is InChI=1S/C18H22N2O2/c1-4-14(5-2)20-18-16(10-7-11-19-18)17(21)13-8-6-9-15(12-13)22-3/h6-12,14H,4-5H2,1-3H3,(H,19,20). The van der Waals surface area contributed by atoms with Gasteiger partial charge in [-0.3, -0.25) is 4.79 Å². The molecule has 4 heteroatoms. The Balaban J connectivity index is 2.33. The molecule has 0 unspecified atom stereocenters. The van der Waals surface area contributed by atoms with Gasteiger partial charge in [-0.2, -0.15) is 0 Å².